The molecule has 1 aromatic heterocycles. The Morgan fingerprint density at radius 3 is 3.00 bits per heavy atom. The van der Waals surface area contributed by atoms with Crippen LogP contribution in [0.1, 0.15) is 19.0 Å². The molecule has 1 rings (SSSR count). The fraction of sp³-hybridized carbons (Fsp3) is 0.500. The van der Waals surface area contributed by atoms with Gasteiger partial charge in [-0.05, 0) is 6.42 Å². The molecule has 1 aromatic rings. The summed E-state index contributed by atoms with van der Waals surface area (Å²) in [5.74, 6) is 0. The lowest BCUT2D eigenvalue weighted by molar-refractivity contribution is 0.527. The highest BCUT2D eigenvalue weighted by Gasteiger charge is 1.96. The van der Waals surface area contributed by atoms with Crippen molar-refractivity contribution in [3.8, 4) is 0 Å². The molecule has 2 nitrogen and oxygen atoms in total. The van der Waals surface area contributed by atoms with Crippen molar-refractivity contribution in [2.75, 3.05) is 0 Å². The lowest BCUT2D eigenvalue weighted by atomic mass is 10.3. The van der Waals surface area contributed by atoms with Crippen LogP contribution in [-0.4, -0.2) is 4.98 Å². The van der Waals surface area contributed by atoms with Gasteiger partial charge in [0, 0.05) is 15.9 Å². The second-order valence-electron chi connectivity index (χ2n) is 1.84. The van der Waals surface area contributed by atoms with Crippen molar-refractivity contribution in [2.45, 2.75) is 19.8 Å². The standard InChI is InChI=1S/C6H8BrNO/c1-2-3-5-4-9-6(7)8-5/h4H,2-3H2,1H3. The molecule has 0 spiro atoms. The molecule has 0 amide bonds. The minimum Gasteiger partial charge on any atom is -0.439 e. The largest absolute Gasteiger partial charge is 0.439 e. The predicted molar refractivity (Wildman–Crippen MR) is 38.2 cm³/mol. The van der Waals surface area contributed by atoms with Crippen molar-refractivity contribution >= 4 is 15.9 Å². The topological polar surface area (TPSA) is 26.0 Å². The third kappa shape index (κ3) is 1.82. The SMILES string of the molecule is CCCc1coc(Br)n1. The van der Waals surface area contributed by atoms with Gasteiger partial charge in [-0.1, -0.05) is 13.3 Å². The van der Waals surface area contributed by atoms with Gasteiger partial charge in [0.15, 0.2) is 0 Å². The molecule has 0 fully saturated rings. The van der Waals surface area contributed by atoms with Crippen molar-refractivity contribution in [3.05, 3.63) is 16.8 Å². The second kappa shape index (κ2) is 3.01. The van der Waals surface area contributed by atoms with E-state index < -0.39 is 0 Å². The van der Waals surface area contributed by atoms with Gasteiger partial charge < -0.3 is 4.42 Å². The average Bonchev–Trinajstić information content (AvgIpc) is 2.17. The Bertz CT molecular complexity index is 185. The molecular weight excluding hydrogens is 182 g/mol. The third-order valence-corrected chi connectivity index (χ3v) is 1.39. The van der Waals surface area contributed by atoms with E-state index in [-0.39, 0.29) is 0 Å². The fourth-order valence-electron chi connectivity index (χ4n) is 0.653. The molecule has 0 aliphatic rings. The van der Waals surface area contributed by atoms with E-state index >= 15 is 0 Å². The number of hydrogen-bond acceptors (Lipinski definition) is 2. The molecule has 0 aliphatic carbocycles. The summed E-state index contributed by atoms with van der Waals surface area (Å²) < 4.78 is 4.92. The summed E-state index contributed by atoms with van der Waals surface area (Å²) >= 11 is 3.12. The molecule has 9 heavy (non-hydrogen) atoms. The molecule has 0 atom stereocenters. The van der Waals surface area contributed by atoms with Crippen LogP contribution in [0.2, 0.25) is 0 Å². The minimum atomic E-state index is 0.575. The van der Waals surface area contributed by atoms with Gasteiger partial charge >= 0.3 is 0 Å². The molecule has 3 heteroatoms. The summed E-state index contributed by atoms with van der Waals surface area (Å²) in [6.07, 6.45) is 3.78. The van der Waals surface area contributed by atoms with E-state index in [2.05, 4.69) is 27.8 Å². The summed E-state index contributed by atoms with van der Waals surface area (Å²) in [7, 11) is 0. The summed E-state index contributed by atoms with van der Waals surface area (Å²) in [6.45, 7) is 2.11. The molecule has 0 saturated heterocycles. The molecule has 0 aliphatic heterocycles. The monoisotopic (exact) mass is 189 g/mol. The first-order chi connectivity index (χ1) is 4.33. The normalized spacial score (nSPS) is 10.0. The van der Waals surface area contributed by atoms with Gasteiger partial charge in [0.05, 0.1) is 5.69 Å². The maximum absolute atomic E-state index is 4.92. The van der Waals surface area contributed by atoms with Crippen LogP contribution in [0.5, 0.6) is 0 Å². The Labute approximate surface area is 62.4 Å². The molecule has 0 radical (unpaired) electrons. The van der Waals surface area contributed by atoms with Crippen LogP contribution in [0.3, 0.4) is 0 Å². The lowest BCUT2D eigenvalue weighted by Gasteiger charge is -1.83. The van der Waals surface area contributed by atoms with Gasteiger partial charge in [0.1, 0.15) is 6.26 Å². The summed E-state index contributed by atoms with van der Waals surface area (Å²) in [6, 6.07) is 0. The van der Waals surface area contributed by atoms with Crippen molar-refractivity contribution in [1.29, 1.82) is 0 Å². The van der Waals surface area contributed by atoms with Gasteiger partial charge in [0.2, 0.25) is 0 Å². The maximum atomic E-state index is 4.92. The van der Waals surface area contributed by atoms with E-state index in [1.807, 2.05) is 0 Å². The molecule has 0 bridgehead atoms. The van der Waals surface area contributed by atoms with Crippen LogP contribution in [0.4, 0.5) is 0 Å². The van der Waals surface area contributed by atoms with Gasteiger partial charge in [0.25, 0.3) is 4.80 Å². The van der Waals surface area contributed by atoms with Gasteiger partial charge in [-0.2, -0.15) is 0 Å². The van der Waals surface area contributed by atoms with Gasteiger partial charge in [-0.3, -0.25) is 0 Å². The minimum absolute atomic E-state index is 0.575. The van der Waals surface area contributed by atoms with E-state index in [1.54, 1.807) is 6.26 Å². The van der Waals surface area contributed by atoms with Crippen LogP contribution >= 0.6 is 15.9 Å². The number of oxazole rings is 1. The predicted octanol–water partition coefficient (Wildman–Crippen LogP) is 2.39. The molecule has 0 N–H and O–H groups in total. The maximum Gasteiger partial charge on any atom is 0.264 e. The summed E-state index contributed by atoms with van der Waals surface area (Å²) in [4.78, 5) is 4.63. The number of rotatable bonds is 2. The van der Waals surface area contributed by atoms with Crippen LogP contribution < -0.4 is 0 Å². The smallest absolute Gasteiger partial charge is 0.264 e. The van der Waals surface area contributed by atoms with Crippen LogP contribution in [0.15, 0.2) is 15.5 Å². The molecule has 50 valence electrons. The molecule has 1 heterocycles. The Morgan fingerprint density at radius 1 is 1.78 bits per heavy atom. The van der Waals surface area contributed by atoms with E-state index in [4.69, 9.17) is 4.42 Å². The summed E-state index contributed by atoms with van der Waals surface area (Å²) in [5, 5.41) is 0. The van der Waals surface area contributed by atoms with Crippen molar-refractivity contribution in [1.82, 2.24) is 4.98 Å². The Balaban J connectivity index is 2.61. The highest BCUT2D eigenvalue weighted by atomic mass is 79.9. The van der Waals surface area contributed by atoms with E-state index in [0.717, 1.165) is 18.5 Å². The Hall–Kier alpha value is -0.310. The van der Waals surface area contributed by atoms with Crippen molar-refractivity contribution in [2.24, 2.45) is 0 Å². The van der Waals surface area contributed by atoms with Crippen molar-refractivity contribution < 1.29 is 4.42 Å². The number of halogens is 1. The first-order valence-electron chi connectivity index (χ1n) is 2.93. The van der Waals surface area contributed by atoms with E-state index in [9.17, 15) is 0 Å². The van der Waals surface area contributed by atoms with Crippen LogP contribution in [0, 0.1) is 0 Å². The first-order valence-corrected chi connectivity index (χ1v) is 3.72. The fourth-order valence-corrected chi connectivity index (χ4v) is 0.974. The number of hydrogen-bond donors (Lipinski definition) is 0. The molecule has 0 unspecified atom stereocenters. The highest BCUT2D eigenvalue weighted by molar-refractivity contribution is 9.10. The third-order valence-electron chi connectivity index (χ3n) is 1.03. The molecule has 0 aromatic carbocycles. The average molecular weight is 190 g/mol. The quantitative estimate of drug-likeness (QED) is 0.715. The van der Waals surface area contributed by atoms with Gasteiger partial charge in [-0.25, -0.2) is 4.98 Å². The molecule has 0 saturated carbocycles. The highest BCUT2D eigenvalue weighted by Crippen LogP contribution is 2.09. The first kappa shape index (κ1) is 6.81. The summed E-state index contributed by atoms with van der Waals surface area (Å²) in [5.41, 5.74) is 1.02. The lowest BCUT2D eigenvalue weighted by Crippen LogP contribution is -1.79. The van der Waals surface area contributed by atoms with Crippen LogP contribution in [0.25, 0.3) is 0 Å². The Kier molecular flexibility index (Phi) is 2.28. The van der Waals surface area contributed by atoms with E-state index in [1.165, 1.54) is 0 Å². The number of aromatic nitrogens is 1. The van der Waals surface area contributed by atoms with Gasteiger partial charge in [-0.15, -0.1) is 0 Å². The zero-order chi connectivity index (χ0) is 6.69. The Morgan fingerprint density at radius 2 is 2.56 bits per heavy atom. The number of nitrogens with zero attached hydrogens (tertiary/aromatic N) is 1. The van der Waals surface area contributed by atoms with Crippen molar-refractivity contribution in [3.63, 3.8) is 0 Å². The second-order valence-corrected chi connectivity index (χ2v) is 2.52. The van der Waals surface area contributed by atoms with E-state index in [0.29, 0.717) is 4.80 Å². The molecular formula is C6H8BrNO. The zero-order valence-corrected chi connectivity index (χ0v) is 6.81. The number of aryl methyl sites for hydroxylation is 1. The zero-order valence-electron chi connectivity index (χ0n) is 5.22. The van der Waals surface area contributed by atoms with Crippen LogP contribution in [-0.2, 0) is 6.42 Å².